The predicted octanol–water partition coefficient (Wildman–Crippen LogP) is 4.82. The van der Waals surface area contributed by atoms with E-state index in [1.807, 2.05) is 60.7 Å². The van der Waals surface area contributed by atoms with E-state index in [0.29, 0.717) is 44.7 Å². The van der Waals surface area contributed by atoms with E-state index < -0.39 is 12.1 Å². The first-order valence-electron chi connectivity index (χ1n) is 16.7. The number of nitrogens with zero attached hydrogens (tertiary/aromatic N) is 2. The lowest BCUT2D eigenvalue weighted by Gasteiger charge is -2.32. The SMILES string of the molecule is CC(=O)NCCC(NC(=O)N1CCCC(C)C1)C(=O)NC(CCC(Cc1ccccc1)NC(=O)OCc1cncs1)Cc1ccccc1. The maximum absolute atomic E-state index is 13.9. The van der Waals surface area contributed by atoms with Gasteiger partial charge in [0.15, 0.2) is 0 Å². The molecule has 4 atom stereocenters. The predicted molar refractivity (Wildman–Crippen MR) is 186 cm³/mol. The van der Waals surface area contributed by atoms with E-state index in [0.717, 1.165) is 28.8 Å². The molecule has 2 aromatic carbocycles. The zero-order valence-electron chi connectivity index (χ0n) is 27.9. The van der Waals surface area contributed by atoms with Crippen LogP contribution in [0.1, 0.15) is 62.0 Å². The summed E-state index contributed by atoms with van der Waals surface area (Å²) >= 11 is 1.42. The molecule has 1 aromatic heterocycles. The second-order valence-electron chi connectivity index (χ2n) is 12.5. The van der Waals surface area contributed by atoms with Gasteiger partial charge in [-0.1, -0.05) is 67.6 Å². The standard InChI is InChI=1S/C36H48N6O5S/c1-26-10-9-19-42(23-26)35(45)41-33(17-18-38-27(2)43)34(44)39-30(20-28-11-5-3-6-12-28)15-16-31(21-29-13-7-4-8-14-29)40-36(46)47-24-32-22-37-25-48-32/h3-8,11-14,22,25-26,30-31,33H,9-10,15-21,23-24H2,1-2H3,(H,38,43)(H,39,44)(H,40,46)(H,41,45). The highest BCUT2D eigenvalue weighted by Crippen LogP contribution is 2.17. The molecule has 0 saturated carbocycles. The fourth-order valence-electron chi connectivity index (χ4n) is 5.89. The summed E-state index contributed by atoms with van der Waals surface area (Å²) in [6.45, 7) is 5.23. The zero-order chi connectivity index (χ0) is 34.1. The molecule has 4 rings (SSSR count). The van der Waals surface area contributed by atoms with Crippen LogP contribution in [0.15, 0.2) is 72.4 Å². The largest absolute Gasteiger partial charge is 0.444 e. The number of alkyl carbamates (subject to hydrolysis) is 1. The topological polar surface area (TPSA) is 142 Å². The van der Waals surface area contributed by atoms with Gasteiger partial charge in [0.2, 0.25) is 11.8 Å². The van der Waals surface area contributed by atoms with Crippen molar-refractivity contribution in [1.82, 2.24) is 31.2 Å². The second kappa shape index (κ2) is 19.4. The lowest BCUT2D eigenvalue weighted by Crippen LogP contribution is -2.55. The molecule has 4 N–H and O–H groups in total. The Morgan fingerprint density at radius 1 is 0.917 bits per heavy atom. The first kappa shape index (κ1) is 36.4. The molecule has 258 valence electrons. The summed E-state index contributed by atoms with van der Waals surface area (Å²) in [5, 5.41) is 11.9. The molecule has 3 aromatic rings. The molecule has 1 aliphatic rings. The molecular formula is C36H48N6O5S. The maximum Gasteiger partial charge on any atom is 0.407 e. The van der Waals surface area contributed by atoms with Crippen molar-refractivity contribution in [3.63, 3.8) is 0 Å². The summed E-state index contributed by atoms with van der Waals surface area (Å²) in [5.41, 5.74) is 3.82. The van der Waals surface area contributed by atoms with Crippen molar-refractivity contribution in [3.8, 4) is 0 Å². The Morgan fingerprint density at radius 3 is 2.15 bits per heavy atom. The molecule has 0 radical (unpaired) electrons. The number of piperidine rings is 1. The first-order chi connectivity index (χ1) is 23.2. The third kappa shape index (κ3) is 13.0. The molecule has 0 aliphatic carbocycles. The Bertz CT molecular complexity index is 1430. The lowest BCUT2D eigenvalue weighted by molar-refractivity contribution is -0.124. The molecule has 1 saturated heterocycles. The molecule has 0 spiro atoms. The fraction of sp³-hybridized carbons (Fsp3) is 0.472. The van der Waals surface area contributed by atoms with Gasteiger partial charge in [-0.05, 0) is 62.0 Å². The second-order valence-corrected chi connectivity index (χ2v) is 13.5. The minimum absolute atomic E-state index is 0.142. The Morgan fingerprint density at radius 2 is 1.56 bits per heavy atom. The van der Waals surface area contributed by atoms with Crippen LogP contribution in [0.4, 0.5) is 9.59 Å². The van der Waals surface area contributed by atoms with Gasteiger partial charge in [-0.3, -0.25) is 14.6 Å². The van der Waals surface area contributed by atoms with Crippen LogP contribution in [0.5, 0.6) is 0 Å². The van der Waals surface area contributed by atoms with E-state index in [9.17, 15) is 19.2 Å². The normalized spacial score (nSPS) is 16.2. The van der Waals surface area contributed by atoms with Gasteiger partial charge in [0.1, 0.15) is 12.6 Å². The van der Waals surface area contributed by atoms with Crippen molar-refractivity contribution in [1.29, 1.82) is 0 Å². The smallest absolute Gasteiger partial charge is 0.407 e. The molecule has 1 aliphatic heterocycles. The number of ether oxygens (including phenoxy) is 1. The summed E-state index contributed by atoms with van der Waals surface area (Å²) in [4.78, 5) is 58.2. The summed E-state index contributed by atoms with van der Waals surface area (Å²) in [5.74, 6) is -0.111. The number of hydrogen-bond acceptors (Lipinski definition) is 7. The summed E-state index contributed by atoms with van der Waals surface area (Å²) < 4.78 is 5.48. The van der Waals surface area contributed by atoms with Crippen LogP contribution >= 0.6 is 11.3 Å². The lowest BCUT2D eigenvalue weighted by atomic mass is 9.95. The van der Waals surface area contributed by atoms with Crippen LogP contribution in [-0.4, -0.2) is 71.6 Å². The van der Waals surface area contributed by atoms with Gasteiger partial charge in [-0.25, -0.2) is 9.59 Å². The van der Waals surface area contributed by atoms with Crippen molar-refractivity contribution in [2.75, 3.05) is 19.6 Å². The number of hydrogen-bond donors (Lipinski definition) is 4. The molecule has 11 nitrogen and oxygen atoms in total. The first-order valence-corrected chi connectivity index (χ1v) is 17.6. The molecule has 5 amide bonds. The molecule has 1 fully saturated rings. The van der Waals surface area contributed by atoms with E-state index in [2.05, 4.69) is 33.2 Å². The molecular weight excluding hydrogens is 629 g/mol. The highest BCUT2D eigenvalue weighted by atomic mass is 32.1. The number of carbonyl (C=O) groups excluding carboxylic acids is 4. The minimum Gasteiger partial charge on any atom is -0.444 e. The number of carbonyl (C=O) groups is 4. The molecule has 0 bridgehead atoms. The third-order valence-electron chi connectivity index (χ3n) is 8.38. The summed E-state index contributed by atoms with van der Waals surface area (Å²) in [6.07, 6.45) is 5.69. The van der Waals surface area contributed by atoms with Crippen molar-refractivity contribution in [2.24, 2.45) is 5.92 Å². The summed E-state index contributed by atoms with van der Waals surface area (Å²) in [7, 11) is 0. The number of benzene rings is 2. The highest BCUT2D eigenvalue weighted by Gasteiger charge is 2.28. The minimum atomic E-state index is -0.834. The number of urea groups is 1. The number of likely N-dealkylation sites (tertiary alicyclic amines) is 1. The third-order valence-corrected chi connectivity index (χ3v) is 9.13. The van der Waals surface area contributed by atoms with Crippen LogP contribution in [0.2, 0.25) is 0 Å². The van der Waals surface area contributed by atoms with Crippen LogP contribution in [-0.2, 0) is 33.8 Å². The molecule has 12 heteroatoms. The van der Waals surface area contributed by atoms with Crippen LogP contribution in [0.25, 0.3) is 0 Å². The van der Waals surface area contributed by atoms with Gasteiger partial charge in [0.05, 0.1) is 10.4 Å². The monoisotopic (exact) mass is 676 g/mol. The van der Waals surface area contributed by atoms with Crippen molar-refractivity contribution in [2.45, 2.75) is 83.5 Å². The number of aromatic nitrogens is 1. The number of thiazole rings is 1. The van der Waals surface area contributed by atoms with Gasteiger partial charge in [0, 0.05) is 44.8 Å². The van der Waals surface area contributed by atoms with Crippen molar-refractivity contribution in [3.05, 3.63) is 88.4 Å². The van der Waals surface area contributed by atoms with Crippen LogP contribution in [0.3, 0.4) is 0 Å². The van der Waals surface area contributed by atoms with Gasteiger partial charge in [0.25, 0.3) is 0 Å². The molecule has 48 heavy (non-hydrogen) atoms. The Balaban J connectivity index is 1.46. The van der Waals surface area contributed by atoms with Crippen LogP contribution in [0, 0.1) is 5.92 Å². The number of amides is 5. The maximum atomic E-state index is 13.9. The van der Waals surface area contributed by atoms with Crippen molar-refractivity contribution >= 4 is 35.3 Å². The Hall–Kier alpha value is -4.45. The molecule has 2 heterocycles. The van der Waals surface area contributed by atoms with E-state index in [4.69, 9.17) is 4.74 Å². The van der Waals surface area contributed by atoms with Crippen LogP contribution < -0.4 is 21.3 Å². The van der Waals surface area contributed by atoms with Gasteiger partial charge in [-0.2, -0.15) is 0 Å². The number of rotatable bonds is 16. The van der Waals surface area contributed by atoms with Gasteiger partial charge in [-0.15, -0.1) is 11.3 Å². The van der Waals surface area contributed by atoms with E-state index in [-0.39, 0.29) is 49.5 Å². The van der Waals surface area contributed by atoms with E-state index in [1.54, 1.807) is 16.6 Å². The van der Waals surface area contributed by atoms with Gasteiger partial charge >= 0.3 is 12.1 Å². The Labute approximate surface area is 287 Å². The highest BCUT2D eigenvalue weighted by molar-refractivity contribution is 7.09. The quantitative estimate of drug-likeness (QED) is 0.171. The summed E-state index contributed by atoms with van der Waals surface area (Å²) in [6, 6.07) is 18.2. The number of nitrogens with one attached hydrogen (secondary N) is 4. The molecule has 4 unspecified atom stereocenters. The zero-order valence-corrected chi connectivity index (χ0v) is 28.7. The van der Waals surface area contributed by atoms with E-state index >= 15 is 0 Å². The van der Waals surface area contributed by atoms with Gasteiger partial charge < -0.3 is 30.9 Å². The average molecular weight is 677 g/mol. The fourth-order valence-corrected chi connectivity index (χ4v) is 6.39. The van der Waals surface area contributed by atoms with Crippen molar-refractivity contribution < 1.29 is 23.9 Å². The Kier molecular flexibility index (Phi) is 14.7. The average Bonchev–Trinajstić information content (AvgIpc) is 3.60. The van der Waals surface area contributed by atoms with E-state index in [1.165, 1.54) is 18.3 Å².